The van der Waals surface area contributed by atoms with E-state index in [9.17, 15) is 9.59 Å². The highest BCUT2D eigenvalue weighted by Crippen LogP contribution is 2.29. The highest BCUT2D eigenvalue weighted by atomic mass is 79.9. The Hall–Kier alpha value is -2.68. The number of likely N-dealkylation sites (tertiary alicyclic amines) is 1. The molecule has 2 fully saturated rings. The molecule has 30 heavy (non-hydrogen) atoms. The molecular weight excluding hydrogens is 452 g/mol. The lowest BCUT2D eigenvalue weighted by atomic mass is 10.0. The predicted octanol–water partition coefficient (Wildman–Crippen LogP) is 2.67. The molecule has 0 aliphatic carbocycles. The van der Waals surface area contributed by atoms with Crippen LogP contribution in [0.4, 0.5) is 5.69 Å². The van der Waals surface area contributed by atoms with E-state index in [4.69, 9.17) is 9.47 Å². The number of aromatic nitrogens is 2. The molecule has 0 N–H and O–H groups in total. The summed E-state index contributed by atoms with van der Waals surface area (Å²) in [4.78, 5) is 37.4. The van der Waals surface area contributed by atoms with Crippen molar-refractivity contribution in [1.82, 2.24) is 14.9 Å². The molecule has 2 aliphatic heterocycles. The number of rotatable bonds is 5. The molecule has 1 aromatic heterocycles. The lowest BCUT2D eigenvalue weighted by Crippen LogP contribution is -2.47. The van der Waals surface area contributed by atoms with Gasteiger partial charge >= 0.3 is 6.01 Å². The largest absolute Gasteiger partial charge is 0.497 e. The lowest BCUT2D eigenvalue weighted by Gasteiger charge is -2.33. The van der Waals surface area contributed by atoms with Crippen LogP contribution in [0.15, 0.2) is 41.1 Å². The van der Waals surface area contributed by atoms with Crippen LogP contribution in [0.1, 0.15) is 19.3 Å². The zero-order valence-electron chi connectivity index (χ0n) is 16.7. The van der Waals surface area contributed by atoms with Crippen molar-refractivity contribution in [3.8, 4) is 11.8 Å². The predicted molar refractivity (Wildman–Crippen MR) is 113 cm³/mol. The number of piperidine rings is 1. The van der Waals surface area contributed by atoms with Gasteiger partial charge in [-0.2, -0.15) is 0 Å². The Morgan fingerprint density at radius 1 is 1.23 bits per heavy atom. The molecule has 8 nitrogen and oxygen atoms in total. The van der Waals surface area contributed by atoms with Crippen LogP contribution >= 0.6 is 15.9 Å². The Morgan fingerprint density at radius 2 is 2.03 bits per heavy atom. The molecule has 9 heteroatoms. The van der Waals surface area contributed by atoms with Gasteiger partial charge in [-0.1, -0.05) is 6.07 Å². The first kappa shape index (κ1) is 20.6. The van der Waals surface area contributed by atoms with Crippen molar-refractivity contribution < 1.29 is 19.1 Å². The van der Waals surface area contributed by atoms with Gasteiger partial charge in [0.05, 0.1) is 24.0 Å². The quantitative estimate of drug-likeness (QED) is 0.662. The summed E-state index contributed by atoms with van der Waals surface area (Å²) in [6, 6.07) is 7.64. The number of ether oxygens (including phenoxy) is 2. The zero-order chi connectivity index (χ0) is 21.1. The third-order valence-corrected chi connectivity index (χ3v) is 5.81. The average molecular weight is 475 g/mol. The monoisotopic (exact) mass is 474 g/mol. The number of hydrogen-bond donors (Lipinski definition) is 0. The average Bonchev–Trinajstić information content (AvgIpc) is 3.16. The molecule has 2 atom stereocenters. The Kier molecular flexibility index (Phi) is 6.17. The summed E-state index contributed by atoms with van der Waals surface area (Å²) in [5.74, 6) is 0.279. The summed E-state index contributed by atoms with van der Waals surface area (Å²) in [6.45, 7) is 1.52. The number of carbonyl (C=O) groups excluding carboxylic acids is 2. The molecule has 0 saturated carbocycles. The SMILES string of the molecule is COc1cccc(N2CC(C(=O)N3CCCC(Oc4ncc(Br)cn4)C3)CC2=O)c1. The second kappa shape index (κ2) is 8.99. The van der Waals surface area contributed by atoms with Crippen molar-refractivity contribution in [2.24, 2.45) is 5.92 Å². The van der Waals surface area contributed by atoms with Crippen molar-refractivity contribution >= 4 is 33.4 Å². The molecule has 4 rings (SSSR count). The third-order valence-electron chi connectivity index (χ3n) is 5.40. The normalized spacial score (nSPS) is 21.6. The Labute approximate surface area is 183 Å². The fourth-order valence-electron chi connectivity index (χ4n) is 3.90. The minimum absolute atomic E-state index is 0.00114. The molecule has 2 aliphatic rings. The standard InChI is InChI=1S/C21H23BrN4O4/c1-29-17-5-2-4-16(9-17)26-12-14(8-19(26)27)20(28)25-7-3-6-18(13-25)30-21-23-10-15(22)11-24-21/h2,4-5,9-11,14,18H,3,6-8,12-13H2,1H3. The fourth-order valence-corrected chi connectivity index (χ4v) is 4.11. The number of nitrogens with zero attached hydrogens (tertiary/aromatic N) is 4. The van der Waals surface area contributed by atoms with Crippen molar-refractivity contribution in [3.63, 3.8) is 0 Å². The number of methoxy groups -OCH3 is 1. The number of amides is 2. The first-order valence-electron chi connectivity index (χ1n) is 9.91. The number of carbonyl (C=O) groups is 2. The van der Waals surface area contributed by atoms with Crippen LogP contribution < -0.4 is 14.4 Å². The van der Waals surface area contributed by atoms with Crippen LogP contribution in [0.5, 0.6) is 11.8 Å². The first-order chi connectivity index (χ1) is 14.5. The van der Waals surface area contributed by atoms with Crippen molar-refractivity contribution in [2.75, 3.05) is 31.6 Å². The maximum absolute atomic E-state index is 13.1. The van der Waals surface area contributed by atoms with Crippen LogP contribution in [0.2, 0.25) is 0 Å². The molecule has 2 aromatic rings. The molecule has 0 bridgehead atoms. The van der Waals surface area contributed by atoms with E-state index in [0.29, 0.717) is 31.4 Å². The van der Waals surface area contributed by atoms with E-state index in [0.717, 1.165) is 23.0 Å². The maximum atomic E-state index is 13.1. The first-order valence-corrected chi connectivity index (χ1v) is 10.7. The highest BCUT2D eigenvalue weighted by molar-refractivity contribution is 9.10. The van der Waals surface area contributed by atoms with Gasteiger partial charge in [-0.05, 0) is 40.9 Å². The molecular formula is C21H23BrN4O4. The Morgan fingerprint density at radius 3 is 2.80 bits per heavy atom. The van der Waals surface area contributed by atoms with Crippen LogP contribution in [0.25, 0.3) is 0 Å². The van der Waals surface area contributed by atoms with E-state index < -0.39 is 0 Å². The molecule has 0 radical (unpaired) electrons. The molecule has 2 unspecified atom stereocenters. The van der Waals surface area contributed by atoms with E-state index in [2.05, 4.69) is 25.9 Å². The van der Waals surface area contributed by atoms with Gasteiger partial charge < -0.3 is 19.3 Å². The van der Waals surface area contributed by atoms with Crippen LogP contribution in [-0.2, 0) is 9.59 Å². The maximum Gasteiger partial charge on any atom is 0.316 e. The van der Waals surface area contributed by atoms with Crippen molar-refractivity contribution in [3.05, 3.63) is 41.1 Å². The van der Waals surface area contributed by atoms with Gasteiger partial charge in [0.2, 0.25) is 11.8 Å². The Balaban J connectivity index is 1.39. The summed E-state index contributed by atoms with van der Waals surface area (Å²) < 4.78 is 11.9. The minimum atomic E-state index is -0.355. The fraction of sp³-hybridized carbons (Fsp3) is 0.429. The zero-order valence-corrected chi connectivity index (χ0v) is 18.2. The van der Waals surface area contributed by atoms with E-state index in [1.54, 1.807) is 29.3 Å². The lowest BCUT2D eigenvalue weighted by molar-refractivity contribution is -0.138. The van der Waals surface area contributed by atoms with Crippen LogP contribution in [-0.4, -0.2) is 59.5 Å². The second-order valence-corrected chi connectivity index (χ2v) is 8.37. The highest BCUT2D eigenvalue weighted by Gasteiger charge is 2.38. The molecule has 2 saturated heterocycles. The van der Waals surface area contributed by atoms with Crippen molar-refractivity contribution in [2.45, 2.75) is 25.4 Å². The summed E-state index contributed by atoms with van der Waals surface area (Å²) in [5, 5.41) is 0. The van der Waals surface area contributed by atoms with E-state index in [-0.39, 0.29) is 30.3 Å². The number of halogens is 1. The van der Waals surface area contributed by atoms with Gasteiger partial charge in [0.1, 0.15) is 11.9 Å². The van der Waals surface area contributed by atoms with Crippen molar-refractivity contribution in [1.29, 1.82) is 0 Å². The van der Waals surface area contributed by atoms with Gasteiger partial charge in [-0.15, -0.1) is 0 Å². The van der Waals surface area contributed by atoms with E-state index in [1.165, 1.54) is 0 Å². The van der Waals surface area contributed by atoms with Gasteiger partial charge in [0.15, 0.2) is 0 Å². The molecule has 158 valence electrons. The number of hydrogen-bond acceptors (Lipinski definition) is 6. The van der Waals surface area contributed by atoms with E-state index >= 15 is 0 Å². The molecule has 0 spiro atoms. The minimum Gasteiger partial charge on any atom is -0.497 e. The summed E-state index contributed by atoms with van der Waals surface area (Å²) in [6.07, 6.45) is 5.00. The van der Waals surface area contributed by atoms with E-state index in [1.807, 2.05) is 24.3 Å². The van der Waals surface area contributed by atoms with Crippen LogP contribution in [0.3, 0.4) is 0 Å². The second-order valence-electron chi connectivity index (χ2n) is 7.46. The molecule has 3 heterocycles. The van der Waals surface area contributed by atoms with Gasteiger partial charge in [0.25, 0.3) is 0 Å². The molecule has 1 aromatic carbocycles. The van der Waals surface area contributed by atoms with Crippen LogP contribution in [0, 0.1) is 5.92 Å². The summed E-state index contributed by atoms with van der Waals surface area (Å²) in [7, 11) is 1.59. The smallest absolute Gasteiger partial charge is 0.316 e. The number of anilines is 1. The Bertz CT molecular complexity index is 923. The topological polar surface area (TPSA) is 84.9 Å². The van der Waals surface area contributed by atoms with Gasteiger partial charge in [-0.25, -0.2) is 9.97 Å². The summed E-state index contributed by atoms with van der Waals surface area (Å²) >= 11 is 3.30. The third kappa shape index (κ3) is 4.56. The summed E-state index contributed by atoms with van der Waals surface area (Å²) in [5.41, 5.74) is 0.752. The van der Waals surface area contributed by atoms with Gasteiger partial charge in [0, 0.05) is 43.7 Å². The number of benzene rings is 1. The molecule has 2 amide bonds. The van der Waals surface area contributed by atoms with Gasteiger partial charge in [-0.3, -0.25) is 9.59 Å².